The molecular formula is C48H30N2O. The fraction of sp³-hybridized carbons (Fsp3) is 0. The lowest BCUT2D eigenvalue weighted by Crippen LogP contribution is -1.95. The Morgan fingerprint density at radius 3 is 1.63 bits per heavy atom. The molecule has 0 amide bonds. The van der Waals surface area contributed by atoms with Crippen LogP contribution in [0.2, 0.25) is 0 Å². The van der Waals surface area contributed by atoms with Gasteiger partial charge in [-0.25, -0.2) is 0 Å². The summed E-state index contributed by atoms with van der Waals surface area (Å²) in [5.74, 6) is 0. The first kappa shape index (κ1) is 28.0. The normalized spacial score (nSPS) is 11.9. The zero-order chi connectivity index (χ0) is 33.5. The molecule has 0 unspecified atom stereocenters. The minimum Gasteiger partial charge on any atom is -0.454 e. The predicted molar refractivity (Wildman–Crippen MR) is 213 cm³/mol. The standard InChI is InChI=1S/C48H30N2O/c1-2-13-31(14-3-1)32-15-10-16-33(29-32)34-17-11-18-35(30-34)49-40-23-7-4-20-38(40)46-42(49)27-28-43-47(46)39-21-5-8-24-41(39)50(43)44-25-12-22-37-36-19-6-9-26-45(36)51-48(37)44/h1-30H. The number of fused-ring (bicyclic) bond motifs is 10. The van der Waals surface area contributed by atoms with Crippen LogP contribution in [0.4, 0.5) is 0 Å². The second kappa shape index (κ2) is 10.8. The van der Waals surface area contributed by atoms with E-state index in [1.807, 2.05) is 6.07 Å². The molecule has 0 aliphatic heterocycles. The third-order valence-electron chi connectivity index (χ3n) is 10.5. The second-order valence-electron chi connectivity index (χ2n) is 13.3. The van der Waals surface area contributed by atoms with Gasteiger partial charge in [-0.3, -0.25) is 0 Å². The molecule has 238 valence electrons. The third-order valence-corrected chi connectivity index (χ3v) is 10.5. The molecule has 11 rings (SSSR count). The molecule has 11 aromatic rings. The van der Waals surface area contributed by atoms with Gasteiger partial charge in [0.2, 0.25) is 0 Å². The van der Waals surface area contributed by atoms with E-state index in [9.17, 15) is 0 Å². The highest BCUT2D eigenvalue weighted by atomic mass is 16.3. The Bertz CT molecular complexity index is 3140. The molecule has 0 spiro atoms. The summed E-state index contributed by atoms with van der Waals surface area (Å²) in [5, 5.41) is 7.22. The summed E-state index contributed by atoms with van der Waals surface area (Å²) in [4.78, 5) is 0. The van der Waals surface area contributed by atoms with Gasteiger partial charge in [-0.15, -0.1) is 0 Å². The highest BCUT2D eigenvalue weighted by molar-refractivity contribution is 6.29. The number of benzene rings is 8. The first-order valence-corrected chi connectivity index (χ1v) is 17.4. The van der Waals surface area contributed by atoms with E-state index in [4.69, 9.17) is 4.42 Å². The minimum absolute atomic E-state index is 0.900. The first-order valence-electron chi connectivity index (χ1n) is 17.4. The molecule has 0 bridgehead atoms. The molecule has 0 atom stereocenters. The number of hydrogen-bond acceptors (Lipinski definition) is 1. The molecule has 8 aromatic carbocycles. The van der Waals surface area contributed by atoms with Gasteiger partial charge in [-0.2, -0.15) is 0 Å². The molecule has 51 heavy (non-hydrogen) atoms. The van der Waals surface area contributed by atoms with E-state index in [0.29, 0.717) is 0 Å². The van der Waals surface area contributed by atoms with Gasteiger partial charge in [0.1, 0.15) is 5.58 Å². The van der Waals surface area contributed by atoms with Crippen LogP contribution >= 0.6 is 0 Å². The highest BCUT2D eigenvalue weighted by Crippen LogP contribution is 2.44. The lowest BCUT2D eigenvalue weighted by molar-refractivity contribution is 0.666. The smallest absolute Gasteiger partial charge is 0.159 e. The lowest BCUT2D eigenvalue weighted by atomic mass is 9.99. The van der Waals surface area contributed by atoms with E-state index >= 15 is 0 Å². The summed E-state index contributed by atoms with van der Waals surface area (Å²) in [7, 11) is 0. The molecule has 0 saturated heterocycles. The molecule has 0 radical (unpaired) electrons. The van der Waals surface area contributed by atoms with Gasteiger partial charge in [0.25, 0.3) is 0 Å². The van der Waals surface area contributed by atoms with Crippen LogP contribution in [-0.2, 0) is 0 Å². The van der Waals surface area contributed by atoms with Gasteiger partial charge in [-0.1, -0.05) is 127 Å². The summed E-state index contributed by atoms with van der Waals surface area (Å²) >= 11 is 0. The van der Waals surface area contributed by atoms with Crippen LogP contribution in [0.3, 0.4) is 0 Å². The fourth-order valence-corrected chi connectivity index (χ4v) is 8.30. The summed E-state index contributed by atoms with van der Waals surface area (Å²) in [6, 6.07) is 65.4. The Morgan fingerprint density at radius 1 is 0.333 bits per heavy atom. The summed E-state index contributed by atoms with van der Waals surface area (Å²) in [6.07, 6.45) is 0. The maximum absolute atomic E-state index is 6.58. The Hall–Kier alpha value is -6.84. The molecule has 3 nitrogen and oxygen atoms in total. The molecule has 0 saturated carbocycles. The Balaban J connectivity index is 1.17. The molecule has 0 aliphatic carbocycles. The Kier molecular flexibility index (Phi) is 5.96. The van der Waals surface area contributed by atoms with Crippen molar-refractivity contribution in [1.82, 2.24) is 9.13 Å². The van der Waals surface area contributed by atoms with Crippen LogP contribution < -0.4 is 0 Å². The molecular weight excluding hydrogens is 621 g/mol. The SMILES string of the molecule is c1ccc(-c2cccc(-c3cccc(-n4c5ccccc5c5c6c7ccccc7n(-c7cccc8c7oc7ccccc78)c6ccc54)c3)c2)cc1. The summed E-state index contributed by atoms with van der Waals surface area (Å²) < 4.78 is 11.4. The minimum atomic E-state index is 0.900. The van der Waals surface area contributed by atoms with Gasteiger partial charge in [-0.05, 0) is 76.9 Å². The molecule has 0 aliphatic rings. The third kappa shape index (κ3) is 4.12. The van der Waals surface area contributed by atoms with E-state index in [1.54, 1.807) is 0 Å². The zero-order valence-electron chi connectivity index (χ0n) is 27.6. The number of hydrogen-bond donors (Lipinski definition) is 0. The maximum atomic E-state index is 6.58. The van der Waals surface area contributed by atoms with Crippen LogP contribution in [0.1, 0.15) is 0 Å². The lowest BCUT2D eigenvalue weighted by Gasteiger charge is -2.12. The topological polar surface area (TPSA) is 23.0 Å². The summed E-state index contributed by atoms with van der Waals surface area (Å²) in [6.45, 7) is 0. The van der Waals surface area contributed by atoms with Crippen molar-refractivity contribution < 1.29 is 4.42 Å². The van der Waals surface area contributed by atoms with Gasteiger partial charge >= 0.3 is 0 Å². The van der Waals surface area contributed by atoms with Crippen molar-refractivity contribution in [2.75, 3.05) is 0 Å². The van der Waals surface area contributed by atoms with E-state index in [0.717, 1.165) is 44.3 Å². The van der Waals surface area contributed by atoms with Crippen molar-refractivity contribution in [3.8, 4) is 33.6 Å². The average molecular weight is 651 g/mol. The van der Waals surface area contributed by atoms with Crippen molar-refractivity contribution in [1.29, 1.82) is 0 Å². The van der Waals surface area contributed by atoms with Gasteiger partial charge in [0, 0.05) is 38.0 Å². The van der Waals surface area contributed by atoms with Crippen molar-refractivity contribution in [2.45, 2.75) is 0 Å². The quantitative estimate of drug-likeness (QED) is 0.186. The predicted octanol–water partition coefficient (Wildman–Crippen LogP) is 13.1. The van der Waals surface area contributed by atoms with Gasteiger partial charge < -0.3 is 13.6 Å². The average Bonchev–Trinajstić information content (AvgIpc) is 3.86. The van der Waals surface area contributed by atoms with Crippen LogP contribution in [0.15, 0.2) is 186 Å². The molecule has 3 aromatic heterocycles. The molecule has 0 fully saturated rings. The van der Waals surface area contributed by atoms with Crippen molar-refractivity contribution in [3.05, 3.63) is 182 Å². The Labute approximate surface area is 293 Å². The van der Waals surface area contributed by atoms with Crippen LogP contribution in [0.25, 0.3) is 99.2 Å². The van der Waals surface area contributed by atoms with E-state index in [2.05, 4.69) is 185 Å². The molecule has 3 heterocycles. The number of para-hydroxylation sites is 4. The maximum Gasteiger partial charge on any atom is 0.159 e. The van der Waals surface area contributed by atoms with Gasteiger partial charge in [0.15, 0.2) is 5.58 Å². The van der Waals surface area contributed by atoms with E-state index in [-0.39, 0.29) is 0 Å². The number of aromatic nitrogens is 2. The zero-order valence-corrected chi connectivity index (χ0v) is 27.6. The van der Waals surface area contributed by atoms with Crippen LogP contribution in [-0.4, -0.2) is 9.13 Å². The number of rotatable bonds is 4. The number of nitrogens with zero attached hydrogens (tertiary/aromatic N) is 2. The molecule has 3 heteroatoms. The van der Waals surface area contributed by atoms with Crippen molar-refractivity contribution >= 4 is 65.6 Å². The number of furan rings is 1. The van der Waals surface area contributed by atoms with Crippen LogP contribution in [0.5, 0.6) is 0 Å². The second-order valence-corrected chi connectivity index (χ2v) is 13.3. The van der Waals surface area contributed by atoms with E-state index < -0.39 is 0 Å². The monoisotopic (exact) mass is 650 g/mol. The van der Waals surface area contributed by atoms with Crippen LogP contribution in [0, 0.1) is 0 Å². The highest BCUT2D eigenvalue weighted by Gasteiger charge is 2.22. The Morgan fingerprint density at radius 2 is 0.863 bits per heavy atom. The largest absolute Gasteiger partial charge is 0.454 e. The van der Waals surface area contributed by atoms with E-state index in [1.165, 1.54) is 54.8 Å². The van der Waals surface area contributed by atoms with Crippen molar-refractivity contribution in [2.24, 2.45) is 0 Å². The fourth-order valence-electron chi connectivity index (χ4n) is 8.30. The molecule has 0 N–H and O–H groups in total. The first-order chi connectivity index (χ1) is 25.3. The van der Waals surface area contributed by atoms with Gasteiger partial charge in [0.05, 0.1) is 27.8 Å². The summed E-state index contributed by atoms with van der Waals surface area (Å²) in [5.41, 5.74) is 13.5. The van der Waals surface area contributed by atoms with Crippen molar-refractivity contribution in [3.63, 3.8) is 0 Å².